The third kappa shape index (κ3) is 2.90. The number of carbonyl (C=O) groups is 1. The fourth-order valence-corrected chi connectivity index (χ4v) is 3.38. The molecule has 1 amide bonds. The van der Waals surface area contributed by atoms with Crippen LogP contribution in [0.2, 0.25) is 0 Å². The predicted octanol–water partition coefficient (Wildman–Crippen LogP) is 2.06. The van der Waals surface area contributed by atoms with Gasteiger partial charge in [-0.3, -0.25) is 9.89 Å². The summed E-state index contributed by atoms with van der Waals surface area (Å²) in [6.45, 7) is 2.70. The molecule has 4 rings (SSSR count). The van der Waals surface area contributed by atoms with E-state index in [2.05, 4.69) is 25.3 Å². The number of H-pyrrole nitrogens is 1. The second kappa shape index (κ2) is 6.46. The van der Waals surface area contributed by atoms with Crippen LogP contribution in [0.4, 0.5) is 0 Å². The fourth-order valence-electron chi connectivity index (χ4n) is 3.38. The number of nitrogens with one attached hydrogen (secondary N) is 1. The maximum Gasteiger partial charge on any atom is 0.254 e. The highest BCUT2D eigenvalue weighted by molar-refractivity contribution is 5.95. The predicted molar refractivity (Wildman–Crippen MR) is 90.1 cm³/mol. The van der Waals surface area contributed by atoms with Crippen molar-refractivity contribution in [3.8, 4) is 5.69 Å². The Morgan fingerprint density at radius 1 is 1.28 bits per heavy atom. The molecule has 1 aliphatic heterocycles. The summed E-state index contributed by atoms with van der Waals surface area (Å²) in [5, 5.41) is 11.0. The molecule has 8 nitrogen and oxygen atoms in total. The normalized spacial score (nSPS) is 17.6. The van der Waals surface area contributed by atoms with Gasteiger partial charge in [0.25, 0.3) is 5.91 Å². The lowest BCUT2D eigenvalue weighted by Crippen LogP contribution is -2.39. The first kappa shape index (κ1) is 15.5. The van der Waals surface area contributed by atoms with Crippen LogP contribution in [0.5, 0.6) is 0 Å². The Balaban J connectivity index is 1.62. The van der Waals surface area contributed by atoms with E-state index in [4.69, 9.17) is 0 Å². The molecule has 3 aromatic rings. The van der Waals surface area contributed by atoms with Crippen LogP contribution < -0.4 is 0 Å². The smallest absolute Gasteiger partial charge is 0.254 e. The van der Waals surface area contributed by atoms with Crippen LogP contribution in [-0.4, -0.2) is 47.3 Å². The molecule has 25 heavy (non-hydrogen) atoms. The number of amides is 1. The van der Waals surface area contributed by atoms with E-state index in [1.165, 1.54) is 12.7 Å². The number of nitrogens with zero attached hydrogens (tertiary/aromatic N) is 6. The maximum absolute atomic E-state index is 13.1. The lowest BCUT2D eigenvalue weighted by molar-refractivity contribution is 0.0600. The Labute approximate surface area is 144 Å². The van der Waals surface area contributed by atoms with Crippen molar-refractivity contribution in [2.45, 2.75) is 32.2 Å². The van der Waals surface area contributed by atoms with Gasteiger partial charge in [-0.15, -0.1) is 0 Å². The quantitative estimate of drug-likeness (QED) is 0.790. The van der Waals surface area contributed by atoms with Crippen LogP contribution in [0, 0.1) is 6.92 Å². The van der Waals surface area contributed by atoms with Gasteiger partial charge in [-0.2, -0.15) is 10.2 Å². The summed E-state index contributed by atoms with van der Waals surface area (Å²) < 4.78 is 1.70. The number of hydrogen-bond acceptors (Lipinski definition) is 5. The van der Waals surface area contributed by atoms with E-state index in [1.54, 1.807) is 11.0 Å². The SMILES string of the molecule is Cc1cc(C(=O)N2CCCCC2c2ncn[nH]2)ccc1-n1cncn1. The Morgan fingerprint density at radius 3 is 2.92 bits per heavy atom. The first-order chi connectivity index (χ1) is 12.2. The van der Waals surface area contributed by atoms with Gasteiger partial charge in [0.15, 0.2) is 0 Å². The number of rotatable bonds is 3. The minimum Gasteiger partial charge on any atom is -0.328 e. The molecule has 1 fully saturated rings. The van der Waals surface area contributed by atoms with E-state index in [1.807, 2.05) is 30.0 Å². The molecule has 1 aliphatic rings. The van der Waals surface area contributed by atoms with Crippen LogP contribution in [0.25, 0.3) is 5.69 Å². The van der Waals surface area contributed by atoms with Gasteiger partial charge in [-0.1, -0.05) is 0 Å². The highest BCUT2D eigenvalue weighted by Crippen LogP contribution is 2.30. The second-order valence-electron chi connectivity index (χ2n) is 6.22. The number of aromatic nitrogens is 6. The van der Waals surface area contributed by atoms with E-state index in [0.717, 1.165) is 42.9 Å². The number of likely N-dealkylation sites (tertiary alicyclic amines) is 1. The Kier molecular flexibility index (Phi) is 4.01. The molecule has 2 aromatic heterocycles. The lowest BCUT2D eigenvalue weighted by atomic mass is 9.99. The minimum absolute atomic E-state index is 0.0225. The van der Waals surface area contributed by atoms with Crippen molar-refractivity contribution in [2.24, 2.45) is 0 Å². The number of aryl methyl sites for hydroxylation is 1. The molecule has 1 aromatic carbocycles. The first-order valence-corrected chi connectivity index (χ1v) is 8.36. The Bertz CT molecular complexity index is 857. The lowest BCUT2D eigenvalue weighted by Gasteiger charge is -2.34. The number of benzene rings is 1. The standard InChI is InChI=1S/C17H19N7O/c1-12-8-13(5-6-14(12)24-11-18-9-21-24)17(25)23-7-3-2-4-15(23)16-19-10-20-22-16/h5-6,8-11,15H,2-4,7H2,1H3,(H,19,20,22). The minimum atomic E-state index is -0.0425. The second-order valence-corrected chi connectivity index (χ2v) is 6.22. The molecule has 1 N–H and O–H groups in total. The molecule has 1 unspecified atom stereocenters. The topological polar surface area (TPSA) is 92.6 Å². The summed E-state index contributed by atoms with van der Waals surface area (Å²) in [6, 6.07) is 5.62. The van der Waals surface area contributed by atoms with Crippen molar-refractivity contribution in [3.05, 3.63) is 54.1 Å². The molecule has 0 spiro atoms. The van der Waals surface area contributed by atoms with Gasteiger partial charge in [0.05, 0.1) is 11.7 Å². The van der Waals surface area contributed by atoms with Gasteiger partial charge in [-0.25, -0.2) is 14.6 Å². The van der Waals surface area contributed by atoms with Gasteiger partial charge >= 0.3 is 0 Å². The van der Waals surface area contributed by atoms with Crippen molar-refractivity contribution >= 4 is 5.91 Å². The summed E-state index contributed by atoms with van der Waals surface area (Å²) in [4.78, 5) is 23.2. The molecule has 0 saturated carbocycles. The highest BCUT2D eigenvalue weighted by Gasteiger charge is 2.30. The average Bonchev–Trinajstić information content (AvgIpc) is 3.35. The van der Waals surface area contributed by atoms with Crippen molar-refractivity contribution in [1.29, 1.82) is 0 Å². The van der Waals surface area contributed by atoms with Gasteiger partial charge in [-0.05, 0) is 49.9 Å². The van der Waals surface area contributed by atoms with Gasteiger partial charge in [0.2, 0.25) is 0 Å². The third-order valence-electron chi connectivity index (χ3n) is 4.62. The largest absolute Gasteiger partial charge is 0.328 e. The zero-order chi connectivity index (χ0) is 17.2. The Morgan fingerprint density at radius 2 is 2.20 bits per heavy atom. The van der Waals surface area contributed by atoms with Gasteiger partial charge < -0.3 is 4.90 Å². The van der Waals surface area contributed by atoms with Gasteiger partial charge in [0.1, 0.15) is 24.8 Å². The van der Waals surface area contributed by atoms with Crippen LogP contribution in [-0.2, 0) is 0 Å². The van der Waals surface area contributed by atoms with E-state index >= 15 is 0 Å². The summed E-state index contributed by atoms with van der Waals surface area (Å²) in [6.07, 6.45) is 7.62. The average molecular weight is 337 g/mol. The molecule has 1 saturated heterocycles. The zero-order valence-corrected chi connectivity index (χ0v) is 14.0. The first-order valence-electron chi connectivity index (χ1n) is 8.36. The highest BCUT2D eigenvalue weighted by atomic mass is 16.2. The van der Waals surface area contributed by atoms with Crippen molar-refractivity contribution < 1.29 is 4.79 Å². The van der Waals surface area contributed by atoms with Crippen LogP contribution in [0.3, 0.4) is 0 Å². The van der Waals surface area contributed by atoms with Crippen LogP contribution >= 0.6 is 0 Å². The summed E-state index contributed by atoms with van der Waals surface area (Å²) in [5.74, 6) is 0.776. The van der Waals surface area contributed by atoms with E-state index in [-0.39, 0.29) is 11.9 Å². The zero-order valence-electron chi connectivity index (χ0n) is 14.0. The van der Waals surface area contributed by atoms with Crippen molar-refractivity contribution in [3.63, 3.8) is 0 Å². The molecular formula is C17H19N7O. The monoisotopic (exact) mass is 337 g/mol. The van der Waals surface area contributed by atoms with Crippen molar-refractivity contribution in [2.75, 3.05) is 6.54 Å². The number of aromatic amines is 1. The molecule has 3 heterocycles. The van der Waals surface area contributed by atoms with Crippen LogP contribution in [0.15, 0.2) is 37.2 Å². The molecule has 0 aliphatic carbocycles. The molecule has 1 atom stereocenters. The number of piperidine rings is 1. The van der Waals surface area contributed by atoms with E-state index in [9.17, 15) is 4.79 Å². The fraction of sp³-hybridized carbons (Fsp3) is 0.353. The molecule has 0 radical (unpaired) electrons. The third-order valence-corrected chi connectivity index (χ3v) is 4.62. The van der Waals surface area contributed by atoms with Crippen molar-refractivity contribution in [1.82, 2.24) is 34.8 Å². The molecular weight excluding hydrogens is 318 g/mol. The van der Waals surface area contributed by atoms with E-state index in [0.29, 0.717) is 5.56 Å². The summed E-state index contributed by atoms with van der Waals surface area (Å²) >= 11 is 0. The van der Waals surface area contributed by atoms with Gasteiger partial charge in [0, 0.05) is 12.1 Å². The number of carbonyl (C=O) groups excluding carboxylic acids is 1. The Hall–Kier alpha value is -3.03. The molecule has 0 bridgehead atoms. The van der Waals surface area contributed by atoms with E-state index < -0.39 is 0 Å². The number of hydrogen-bond donors (Lipinski definition) is 1. The summed E-state index contributed by atoms with van der Waals surface area (Å²) in [5.41, 5.74) is 2.57. The molecule has 128 valence electrons. The molecule has 8 heteroatoms. The maximum atomic E-state index is 13.1. The van der Waals surface area contributed by atoms with Crippen LogP contribution in [0.1, 0.15) is 47.1 Å². The summed E-state index contributed by atoms with van der Waals surface area (Å²) in [7, 11) is 0.